The van der Waals surface area contributed by atoms with Crippen molar-refractivity contribution < 1.29 is 19.4 Å². The van der Waals surface area contributed by atoms with E-state index in [1.54, 1.807) is 25.3 Å². The molecule has 4 heteroatoms. The van der Waals surface area contributed by atoms with Crippen LogP contribution in [0.5, 0.6) is 11.5 Å². The van der Waals surface area contributed by atoms with Crippen molar-refractivity contribution in [3.63, 3.8) is 0 Å². The van der Waals surface area contributed by atoms with Crippen molar-refractivity contribution in [3.05, 3.63) is 23.8 Å². The molecule has 1 saturated carbocycles. The summed E-state index contributed by atoms with van der Waals surface area (Å²) in [5, 5.41) is 8.74. The van der Waals surface area contributed by atoms with Gasteiger partial charge >= 0.3 is 5.97 Å². The molecule has 0 spiro atoms. The summed E-state index contributed by atoms with van der Waals surface area (Å²) in [5.74, 6) is 1.10. The third kappa shape index (κ3) is 3.37. The fourth-order valence-corrected chi connectivity index (χ4v) is 1.61. The molecule has 0 bridgehead atoms. The highest BCUT2D eigenvalue weighted by Gasteiger charge is 2.22. The molecule has 1 fully saturated rings. The van der Waals surface area contributed by atoms with Crippen LogP contribution in [0.15, 0.2) is 18.2 Å². The quantitative estimate of drug-likeness (QED) is 0.821. The highest BCUT2D eigenvalue weighted by atomic mass is 16.5. The molecule has 2 rings (SSSR count). The molecule has 1 aromatic rings. The second kappa shape index (κ2) is 5.08. The largest absolute Gasteiger partial charge is 0.493 e. The van der Waals surface area contributed by atoms with Crippen LogP contribution in [0.3, 0.4) is 0 Å². The lowest BCUT2D eigenvalue weighted by Crippen LogP contribution is -2.04. The van der Waals surface area contributed by atoms with Crippen molar-refractivity contribution in [2.24, 2.45) is 5.92 Å². The van der Waals surface area contributed by atoms with Gasteiger partial charge in [-0.3, -0.25) is 4.79 Å². The van der Waals surface area contributed by atoms with Gasteiger partial charge in [0.05, 0.1) is 20.1 Å². The minimum Gasteiger partial charge on any atom is -0.493 e. The summed E-state index contributed by atoms with van der Waals surface area (Å²) in [6, 6.07) is 5.24. The fraction of sp³-hybridized carbons (Fsp3) is 0.462. The molecule has 0 atom stereocenters. The Labute approximate surface area is 100 Å². The maximum absolute atomic E-state index is 10.6. The fourth-order valence-electron chi connectivity index (χ4n) is 1.61. The molecular weight excluding hydrogens is 220 g/mol. The van der Waals surface area contributed by atoms with E-state index in [-0.39, 0.29) is 6.42 Å². The van der Waals surface area contributed by atoms with Gasteiger partial charge in [-0.2, -0.15) is 0 Å². The predicted octanol–water partition coefficient (Wildman–Crippen LogP) is 2.11. The second-order valence-corrected chi connectivity index (χ2v) is 4.31. The van der Waals surface area contributed by atoms with Crippen molar-refractivity contribution >= 4 is 5.97 Å². The number of hydrogen-bond acceptors (Lipinski definition) is 3. The number of aliphatic carboxylic acids is 1. The maximum atomic E-state index is 10.6. The molecule has 0 heterocycles. The number of hydrogen-bond donors (Lipinski definition) is 1. The van der Waals surface area contributed by atoms with E-state index in [9.17, 15) is 4.79 Å². The Kier molecular flexibility index (Phi) is 3.52. The number of rotatable bonds is 6. The van der Waals surface area contributed by atoms with Crippen molar-refractivity contribution in [3.8, 4) is 11.5 Å². The number of carboxylic acid groups (broad SMARTS) is 1. The first-order valence-corrected chi connectivity index (χ1v) is 5.70. The minimum absolute atomic E-state index is 0.00375. The molecular formula is C13H16O4. The van der Waals surface area contributed by atoms with E-state index in [1.807, 2.05) is 0 Å². The summed E-state index contributed by atoms with van der Waals surface area (Å²) < 4.78 is 10.8. The Balaban J connectivity index is 2.09. The molecule has 1 aliphatic rings. The van der Waals surface area contributed by atoms with Crippen molar-refractivity contribution in [1.82, 2.24) is 0 Å². The molecule has 17 heavy (non-hydrogen) atoms. The van der Waals surface area contributed by atoms with Crippen LogP contribution in [0.25, 0.3) is 0 Å². The second-order valence-electron chi connectivity index (χ2n) is 4.31. The summed E-state index contributed by atoms with van der Waals surface area (Å²) in [7, 11) is 1.58. The molecule has 0 amide bonds. The van der Waals surface area contributed by atoms with Crippen LogP contribution >= 0.6 is 0 Å². The zero-order valence-corrected chi connectivity index (χ0v) is 9.81. The Morgan fingerprint density at radius 3 is 2.76 bits per heavy atom. The van der Waals surface area contributed by atoms with Gasteiger partial charge in [0.25, 0.3) is 0 Å². The smallest absolute Gasteiger partial charge is 0.307 e. The lowest BCUT2D eigenvalue weighted by Gasteiger charge is -2.11. The molecule has 1 N–H and O–H groups in total. The number of ether oxygens (including phenoxy) is 2. The van der Waals surface area contributed by atoms with E-state index in [0.717, 1.165) is 5.56 Å². The van der Waals surface area contributed by atoms with Gasteiger partial charge in [0.1, 0.15) is 0 Å². The standard InChI is InChI=1S/C13H16O4/c1-16-11-5-4-10(7-13(14)15)6-12(11)17-8-9-2-3-9/h4-6,9H,2-3,7-8H2,1H3,(H,14,15). The lowest BCUT2D eigenvalue weighted by molar-refractivity contribution is -0.136. The van der Waals surface area contributed by atoms with E-state index in [0.29, 0.717) is 24.0 Å². The number of benzene rings is 1. The average Bonchev–Trinajstić information content (AvgIpc) is 3.09. The number of methoxy groups -OCH3 is 1. The van der Waals surface area contributed by atoms with Crippen LogP contribution in [0.2, 0.25) is 0 Å². The third-order valence-corrected chi connectivity index (χ3v) is 2.75. The highest BCUT2D eigenvalue weighted by Crippen LogP contribution is 2.33. The molecule has 0 unspecified atom stereocenters. The van der Waals surface area contributed by atoms with Crippen LogP contribution in [0.1, 0.15) is 18.4 Å². The van der Waals surface area contributed by atoms with Gasteiger partial charge in [0.2, 0.25) is 0 Å². The molecule has 0 aliphatic heterocycles. The lowest BCUT2D eigenvalue weighted by atomic mass is 10.1. The SMILES string of the molecule is COc1ccc(CC(=O)O)cc1OCC1CC1. The van der Waals surface area contributed by atoms with E-state index >= 15 is 0 Å². The molecule has 92 valence electrons. The molecule has 0 aromatic heterocycles. The van der Waals surface area contributed by atoms with E-state index in [4.69, 9.17) is 14.6 Å². The zero-order chi connectivity index (χ0) is 12.3. The molecule has 0 saturated heterocycles. The summed E-state index contributed by atoms with van der Waals surface area (Å²) >= 11 is 0. The van der Waals surface area contributed by atoms with Crippen LogP contribution < -0.4 is 9.47 Å². The normalized spacial score (nSPS) is 14.4. The number of carboxylic acids is 1. The Morgan fingerprint density at radius 1 is 1.41 bits per heavy atom. The van der Waals surface area contributed by atoms with Crippen molar-refractivity contribution in [1.29, 1.82) is 0 Å². The first-order chi connectivity index (χ1) is 8.19. The van der Waals surface area contributed by atoms with Gasteiger partial charge in [-0.1, -0.05) is 6.07 Å². The van der Waals surface area contributed by atoms with Crippen LogP contribution in [-0.2, 0) is 11.2 Å². The van der Waals surface area contributed by atoms with Gasteiger partial charge in [-0.25, -0.2) is 0 Å². The van der Waals surface area contributed by atoms with Crippen LogP contribution in [0.4, 0.5) is 0 Å². The van der Waals surface area contributed by atoms with Crippen LogP contribution in [-0.4, -0.2) is 24.8 Å². The highest BCUT2D eigenvalue weighted by molar-refractivity contribution is 5.70. The Hall–Kier alpha value is -1.71. The molecule has 4 nitrogen and oxygen atoms in total. The van der Waals surface area contributed by atoms with Crippen molar-refractivity contribution in [2.45, 2.75) is 19.3 Å². The predicted molar refractivity (Wildman–Crippen MR) is 62.6 cm³/mol. The Bertz CT molecular complexity index is 410. The van der Waals surface area contributed by atoms with Gasteiger partial charge < -0.3 is 14.6 Å². The first kappa shape index (κ1) is 11.8. The summed E-state index contributed by atoms with van der Waals surface area (Å²) in [4.78, 5) is 10.6. The third-order valence-electron chi connectivity index (χ3n) is 2.75. The Morgan fingerprint density at radius 2 is 2.18 bits per heavy atom. The summed E-state index contributed by atoms with van der Waals surface area (Å²) in [6.45, 7) is 0.687. The van der Waals surface area contributed by atoms with Gasteiger partial charge in [-0.15, -0.1) is 0 Å². The van der Waals surface area contributed by atoms with Crippen LogP contribution in [0, 0.1) is 5.92 Å². The molecule has 1 aliphatic carbocycles. The zero-order valence-electron chi connectivity index (χ0n) is 9.81. The minimum atomic E-state index is -0.844. The van der Waals surface area contributed by atoms with E-state index < -0.39 is 5.97 Å². The monoisotopic (exact) mass is 236 g/mol. The first-order valence-electron chi connectivity index (χ1n) is 5.70. The molecule has 0 radical (unpaired) electrons. The van der Waals surface area contributed by atoms with E-state index in [2.05, 4.69) is 0 Å². The summed E-state index contributed by atoms with van der Waals surface area (Å²) in [6.07, 6.45) is 2.44. The number of carbonyl (C=O) groups is 1. The van der Waals surface area contributed by atoms with E-state index in [1.165, 1.54) is 12.8 Å². The van der Waals surface area contributed by atoms with Gasteiger partial charge in [-0.05, 0) is 36.5 Å². The summed E-state index contributed by atoms with van der Waals surface area (Å²) in [5.41, 5.74) is 0.726. The van der Waals surface area contributed by atoms with Crippen molar-refractivity contribution in [2.75, 3.05) is 13.7 Å². The van der Waals surface area contributed by atoms with Gasteiger partial charge in [0, 0.05) is 0 Å². The maximum Gasteiger partial charge on any atom is 0.307 e. The topological polar surface area (TPSA) is 55.8 Å². The van der Waals surface area contributed by atoms with Gasteiger partial charge in [0.15, 0.2) is 11.5 Å². The molecule has 1 aromatic carbocycles. The average molecular weight is 236 g/mol.